The second-order valence-electron chi connectivity index (χ2n) is 15.6. The Hall–Kier alpha value is -2.46. The number of hydrogen-bond donors (Lipinski definition) is 2. The van der Waals surface area contributed by atoms with E-state index in [0.717, 1.165) is 54.6 Å². The van der Waals surface area contributed by atoms with Crippen LogP contribution in [0.4, 0.5) is 22.7 Å². The highest BCUT2D eigenvalue weighted by Crippen LogP contribution is 2.51. The zero-order valence-corrected chi connectivity index (χ0v) is 43.7. The Bertz CT molecular complexity index is 2450. The summed E-state index contributed by atoms with van der Waals surface area (Å²) in [5.41, 5.74) is 22.8. The van der Waals surface area contributed by atoms with Crippen LogP contribution in [0.2, 0.25) is 0 Å². The van der Waals surface area contributed by atoms with Gasteiger partial charge >= 0.3 is 0 Å². The van der Waals surface area contributed by atoms with Crippen LogP contribution in [-0.2, 0) is 37.7 Å². The van der Waals surface area contributed by atoms with Crippen LogP contribution in [0.15, 0.2) is 89.1 Å². The first kappa shape index (κ1) is 46.5. The van der Waals surface area contributed by atoms with Gasteiger partial charge in [-0.1, -0.05) is 103 Å². The van der Waals surface area contributed by atoms with E-state index in [9.17, 15) is 0 Å². The molecule has 0 bridgehead atoms. The standard InChI is InChI=1S/C48H50Br2N4S7/c1-5-9-11-27(7-3)23-29-25-41(49)60-47(29)39-21-19-35(58-39)31-13-15-33(45(53-55)43(31)51)37-17-18-38(57-37)34-16-14-32(44(52)46(34)54-56)36-20-22-40(59-36)48-30(26-42(50)61-48)24-28(8-4)12-10-6-2/h13-22,25-28H,5-12,23-24,51-52H2,1-4H3. The summed E-state index contributed by atoms with van der Waals surface area (Å²) in [7, 11) is 0. The summed E-state index contributed by atoms with van der Waals surface area (Å²) in [6, 6.07) is 26.0. The first-order valence-corrected chi connectivity index (χ1v) is 27.4. The van der Waals surface area contributed by atoms with Crippen LogP contribution in [0.1, 0.15) is 90.2 Å². The highest BCUT2D eigenvalue weighted by atomic mass is 79.9. The maximum Gasteiger partial charge on any atom is 0.109 e. The summed E-state index contributed by atoms with van der Waals surface area (Å²) in [6.07, 6.45) is 12.2. The highest BCUT2D eigenvalue weighted by Gasteiger charge is 2.23. The van der Waals surface area contributed by atoms with Gasteiger partial charge in [-0.05, 0) is 116 Å². The number of halogens is 2. The van der Waals surface area contributed by atoms with Crippen molar-refractivity contribution in [3.63, 3.8) is 0 Å². The van der Waals surface area contributed by atoms with Gasteiger partial charge in [0.15, 0.2) is 0 Å². The van der Waals surface area contributed by atoms with E-state index in [1.54, 1.807) is 34.0 Å². The molecule has 0 saturated carbocycles. The van der Waals surface area contributed by atoms with Crippen LogP contribution in [0.25, 0.3) is 61.3 Å². The van der Waals surface area contributed by atoms with Crippen LogP contribution < -0.4 is 11.5 Å². The summed E-state index contributed by atoms with van der Waals surface area (Å²) in [5, 5.41) is 0. The fourth-order valence-electron chi connectivity index (χ4n) is 8.10. The number of nitrogen functional groups attached to an aromatic ring is 2. The molecule has 2 aromatic carbocycles. The number of unbranched alkanes of at least 4 members (excludes halogenated alkanes) is 2. The van der Waals surface area contributed by atoms with Gasteiger partial charge in [0.05, 0.1) is 18.9 Å². The Morgan fingerprint density at radius 1 is 0.508 bits per heavy atom. The Labute approximate surface area is 408 Å². The number of hydrogen-bond acceptors (Lipinski definition) is 11. The lowest BCUT2D eigenvalue weighted by atomic mass is 9.92. The molecule has 5 heterocycles. The molecule has 318 valence electrons. The lowest BCUT2D eigenvalue weighted by Gasteiger charge is -2.14. The minimum absolute atomic E-state index is 0.586. The molecule has 2 atom stereocenters. The molecule has 0 fully saturated rings. The Kier molecular flexibility index (Phi) is 16.4. The highest BCUT2D eigenvalue weighted by molar-refractivity contribution is 9.11. The lowest BCUT2D eigenvalue weighted by molar-refractivity contribution is 0.450. The van der Waals surface area contributed by atoms with Crippen molar-refractivity contribution in [1.29, 1.82) is 0 Å². The molecule has 2 unspecified atom stereocenters. The van der Waals surface area contributed by atoms with E-state index in [1.807, 2.05) is 22.7 Å². The van der Waals surface area contributed by atoms with Gasteiger partial charge < -0.3 is 11.5 Å². The van der Waals surface area contributed by atoms with E-state index < -0.39 is 0 Å². The molecule has 13 heteroatoms. The molecule has 0 spiro atoms. The molecule has 7 rings (SSSR count). The van der Waals surface area contributed by atoms with Crippen molar-refractivity contribution in [2.75, 3.05) is 11.5 Å². The van der Waals surface area contributed by atoms with Crippen molar-refractivity contribution >= 4 is 136 Å². The normalized spacial score (nSPS) is 12.6. The number of anilines is 2. The van der Waals surface area contributed by atoms with Gasteiger partial charge in [0.1, 0.15) is 11.4 Å². The summed E-state index contributed by atoms with van der Waals surface area (Å²) >= 11 is 27.1. The van der Waals surface area contributed by atoms with Crippen molar-refractivity contribution < 1.29 is 0 Å². The molecule has 0 saturated heterocycles. The van der Waals surface area contributed by atoms with Crippen LogP contribution >= 0.6 is 88.5 Å². The van der Waals surface area contributed by atoms with Crippen LogP contribution in [0, 0.1) is 11.8 Å². The number of benzene rings is 2. The quantitative estimate of drug-likeness (QED) is 0.0746. The lowest BCUT2D eigenvalue weighted by Crippen LogP contribution is -2.03. The molecule has 0 aliphatic heterocycles. The average Bonchev–Trinajstić information content (AvgIpc) is 4.12. The van der Waals surface area contributed by atoms with E-state index in [1.165, 1.54) is 89.6 Å². The van der Waals surface area contributed by atoms with Gasteiger partial charge in [-0.15, -0.1) is 56.7 Å². The Morgan fingerprint density at radius 2 is 0.852 bits per heavy atom. The number of nitrogens with zero attached hydrogens (tertiary/aromatic N) is 2. The smallest absolute Gasteiger partial charge is 0.109 e. The zero-order chi connectivity index (χ0) is 43.2. The second-order valence-corrected chi connectivity index (χ2v) is 24.1. The third kappa shape index (κ3) is 10.4. The number of rotatable bonds is 20. The van der Waals surface area contributed by atoms with Gasteiger partial charge in [0, 0.05) is 86.1 Å². The molecule has 61 heavy (non-hydrogen) atoms. The van der Waals surface area contributed by atoms with Crippen molar-refractivity contribution in [2.24, 2.45) is 20.6 Å². The van der Waals surface area contributed by atoms with Gasteiger partial charge in [0.25, 0.3) is 0 Å². The number of nitrogens with two attached hydrogens (primary N) is 2. The van der Waals surface area contributed by atoms with Crippen LogP contribution in [0.3, 0.4) is 0 Å². The maximum absolute atomic E-state index is 6.92. The molecule has 0 amide bonds. The Morgan fingerprint density at radius 3 is 1.21 bits per heavy atom. The van der Waals surface area contributed by atoms with E-state index in [2.05, 4.69) is 141 Å². The minimum Gasteiger partial charge on any atom is -0.396 e. The van der Waals surface area contributed by atoms with Crippen molar-refractivity contribution in [2.45, 2.75) is 91.9 Å². The average molecular weight is 1070 g/mol. The molecular weight excluding hydrogens is 1020 g/mol. The zero-order valence-electron chi connectivity index (χ0n) is 34.8. The molecule has 0 aliphatic carbocycles. The van der Waals surface area contributed by atoms with E-state index in [0.29, 0.717) is 34.6 Å². The second kappa shape index (κ2) is 21.5. The van der Waals surface area contributed by atoms with Crippen LogP contribution in [-0.4, -0.2) is 0 Å². The van der Waals surface area contributed by atoms with Crippen molar-refractivity contribution in [1.82, 2.24) is 0 Å². The van der Waals surface area contributed by atoms with Crippen molar-refractivity contribution in [3.05, 3.63) is 91.5 Å². The predicted molar refractivity (Wildman–Crippen MR) is 286 cm³/mol. The fourth-order valence-corrected chi connectivity index (χ4v) is 15.3. The van der Waals surface area contributed by atoms with Gasteiger partial charge in [-0.2, -0.15) is 8.73 Å². The molecule has 0 aliphatic rings. The van der Waals surface area contributed by atoms with E-state index in [4.69, 9.17) is 36.3 Å². The SMILES string of the molecule is CCCCC(CC)Cc1cc(Br)sc1-c1ccc(-c2ccc(-c3ccc(-c4ccc(-c5ccc(-c6sc(Br)cc6CC(CC)CCCC)s5)c(N)c4N=S)s3)c(N=S)c2N)s1. The van der Waals surface area contributed by atoms with Crippen molar-refractivity contribution in [3.8, 4) is 61.3 Å². The fraction of sp³-hybridized carbons (Fsp3) is 0.333. The van der Waals surface area contributed by atoms with Gasteiger partial charge in [0.2, 0.25) is 0 Å². The minimum atomic E-state index is 0.586. The summed E-state index contributed by atoms with van der Waals surface area (Å²) in [5.74, 6) is 1.39. The monoisotopic (exact) mass is 1060 g/mol. The summed E-state index contributed by atoms with van der Waals surface area (Å²) in [6.45, 7) is 9.18. The van der Waals surface area contributed by atoms with E-state index in [-0.39, 0.29) is 0 Å². The first-order valence-electron chi connectivity index (χ1n) is 21.0. The van der Waals surface area contributed by atoms with Gasteiger partial charge in [-0.25, -0.2) is 0 Å². The molecule has 4 nitrogen and oxygen atoms in total. The molecular formula is C48H50Br2N4S7. The Balaban J connectivity index is 1.13. The topological polar surface area (TPSA) is 76.8 Å². The molecule has 0 radical (unpaired) electrons. The van der Waals surface area contributed by atoms with E-state index >= 15 is 0 Å². The maximum atomic E-state index is 6.92. The summed E-state index contributed by atoms with van der Waals surface area (Å²) < 4.78 is 11.0. The largest absolute Gasteiger partial charge is 0.396 e. The number of thiophene rings is 5. The van der Waals surface area contributed by atoms with Crippen LogP contribution in [0.5, 0.6) is 0 Å². The predicted octanol–water partition coefficient (Wildman–Crippen LogP) is 18.9. The summed E-state index contributed by atoms with van der Waals surface area (Å²) in [4.78, 5) is 9.39. The molecule has 7 aromatic rings. The first-order chi connectivity index (χ1) is 29.6. The third-order valence-electron chi connectivity index (χ3n) is 11.6. The third-order valence-corrected chi connectivity index (χ3v) is 19.1. The molecule has 4 N–H and O–H groups in total. The van der Waals surface area contributed by atoms with Gasteiger partial charge in [-0.3, -0.25) is 0 Å². The molecule has 5 aromatic heterocycles.